The predicted molar refractivity (Wildman–Crippen MR) is 106 cm³/mol. The van der Waals surface area contributed by atoms with Gasteiger partial charge in [-0.25, -0.2) is 4.79 Å². The molecule has 0 aromatic heterocycles. The van der Waals surface area contributed by atoms with Gasteiger partial charge in [-0.3, -0.25) is 4.79 Å². The number of carbonyl (C=O) groups excluding carboxylic acids is 2. The number of alkyl carbamates (subject to hydrolysis) is 1. The van der Waals surface area contributed by atoms with Crippen LogP contribution >= 0.6 is 31.9 Å². The lowest BCUT2D eigenvalue weighted by molar-refractivity contribution is -0.226. The quantitative estimate of drug-likeness (QED) is 0.568. The van der Waals surface area contributed by atoms with Crippen LogP contribution in [0.2, 0.25) is 0 Å². The van der Waals surface area contributed by atoms with E-state index in [2.05, 4.69) is 37.2 Å². The van der Waals surface area contributed by atoms with Gasteiger partial charge in [0.15, 0.2) is 0 Å². The molecule has 154 valence electrons. The summed E-state index contributed by atoms with van der Waals surface area (Å²) in [7, 11) is 3.06. The van der Waals surface area contributed by atoms with Gasteiger partial charge in [0.2, 0.25) is 11.7 Å². The van der Waals surface area contributed by atoms with E-state index in [1.165, 1.54) is 14.2 Å². The second kappa shape index (κ2) is 8.77. The minimum absolute atomic E-state index is 0.0543. The summed E-state index contributed by atoms with van der Waals surface area (Å²) in [6, 6.07) is -0.430. The van der Waals surface area contributed by atoms with Crippen molar-refractivity contribution in [2.24, 2.45) is 5.92 Å². The molecule has 2 aliphatic rings. The first kappa shape index (κ1) is 22.6. The molecule has 2 fully saturated rings. The molecule has 0 aromatic rings. The number of nitrogens with one attached hydrogen (secondary N) is 1. The summed E-state index contributed by atoms with van der Waals surface area (Å²) in [6.07, 6.45) is 1.02. The van der Waals surface area contributed by atoms with Crippen molar-refractivity contribution in [3.8, 4) is 0 Å². The van der Waals surface area contributed by atoms with Gasteiger partial charge in [0.05, 0.1) is 9.50 Å². The standard InChI is InChI=1S/C17H26Br2N2O6/c1-16(2,3)27-15(23)20-7-12(22)21-8-10(6-11(18)19)13-14(21)17(24-4,25-5)9-26-13/h6,10,13-14H,7-9H2,1-5H3,(H,20,23)/t10-,13-,14+/m1/s1. The summed E-state index contributed by atoms with van der Waals surface area (Å²) < 4.78 is 23.0. The van der Waals surface area contributed by atoms with Crippen molar-refractivity contribution >= 4 is 43.9 Å². The maximum Gasteiger partial charge on any atom is 0.408 e. The van der Waals surface area contributed by atoms with Crippen LogP contribution in [0.25, 0.3) is 0 Å². The smallest absolute Gasteiger partial charge is 0.408 e. The molecule has 0 radical (unpaired) electrons. The van der Waals surface area contributed by atoms with Crippen LogP contribution in [0.15, 0.2) is 9.47 Å². The molecule has 0 unspecified atom stereocenters. The topological polar surface area (TPSA) is 86.3 Å². The molecule has 2 heterocycles. The maximum atomic E-state index is 12.9. The minimum atomic E-state index is -1.05. The molecule has 0 aromatic carbocycles. The third-order valence-corrected chi connectivity index (χ3v) is 5.07. The fourth-order valence-electron chi connectivity index (χ4n) is 3.43. The SMILES string of the molecule is COC1(OC)CO[C@@H]2[C@H](C=C(Br)Br)CN(C(=O)CNC(=O)OC(C)(C)C)[C@@H]21. The van der Waals surface area contributed by atoms with Gasteiger partial charge in [-0.05, 0) is 52.6 Å². The van der Waals surface area contributed by atoms with Crippen molar-refractivity contribution in [2.75, 3.05) is 33.9 Å². The van der Waals surface area contributed by atoms with Crippen LogP contribution < -0.4 is 5.32 Å². The van der Waals surface area contributed by atoms with Gasteiger partial charge in [-0.1, -0.05) is 6.08 Å². The Labute approximate surface area is 176 Å². The van der Waals surface area contributed by atoms with E-state index in [9.17, 15) is 9.59 Å². The summed E-state index contributed by atoms with van der Waals surface area (Å²) in [5.41, 5.74) is -0.634. The average molecular weight is 514 g/mol. The van der Waals surface area contributed by atoms with Crippen LogP contribution in [-0.2, 0) is 23.7 Å². The first-order valence-electron chi connectivity index (χ1n) is 8.54. The van der Waals surface area contributed by atoms with Crippen LogP contribution in [0, 0.1) is 5.92 Å². The zero-order valence-corrected chi connectivity index (χ0v) is 19.3. The molecule has 1 N–H and O–H groups in total. The Bertz CT molecular complexity index is 599. The Kier molecular flexibility index (Phi) is 7.34. The predicted octanol–water partition coefficient (Wildman–Crippen LogP) is 2.36. The van der Waals surface area contributed by atoms with Crippen molar-refractivity contribution in [3.63, 3.8) is 0 Å². The number of ether oxygens (including phenoxy) is 4. The second-order valence-corrected chi connectivity index (χ2v) is 10.2. The van der Waals surface area contributed by atoms with Gasteiger partial charge in [0.1, 0.15) is 24.8 Å². The molecular weight excluding hydrogens is 488 g/mol. The molecule has 0 bridgehead atoms. The first-order valence-corrected chi connectivity index (χ1v) is 10.1. The summed E-state index contributed by atoms with van der Waals surface area (Å²) >= 11 is 6.72. The minimum Gasteiger partial charge on any atom is -0.444 e. The van der Waals surface area contributed by atoms with Crippen LogP contribution in [0.5, 0.6) is 0 Å². The number of halogens is 2. The summed E-state index contributed by atoms with van der Waals surface area (Å²) in [6.45, 7) is 5.72. The highest BCUT2D eigenvalue weighted by Crippen LogP contribution is 2.42. The fourth-order valence-corrected chi connectivity index (χ4v) is 4.11. The van der Waals surface area contributed by atoms with Gasteiger partial charge in [0.25, 0.3) is 0 Å². The molecule has 10 heteroatoms. The third-order valence-electron chi connectivity index (χ3n) is 4.54. The van der Waals surface area contributed by atoms with Crippen molar-refractivity contribution < 1.29 is 28.5 Å². The van der Waals surface area contributed by atoms with Crippen LogP contribution in [0.3, 0.4) is 0 Å². The molecule has 27 heavy (non-hydrogen) atoms. The summed E-state index contributed by atoms with van der Waals surface area (Å²) in [5.74, 6) is -1.36. The first-order chi connectivity index (χ1) is 12.5. The normalized spacial score (nSPS) is 26.5. The van der Waals surface area contributed by atoms with E-state index in [4.69, 9.17) is 18.9 Å². The fraction of sp³-hybridized carbons (Fsp3) is 0.765. The largest absolute Gasteiger partial charge is 0.444 e. The molecular formula is C17H26Br2N2O6. The molecule has 8 nitrogen and oxygen atoms in total. The highest BCUT2D eigenvalue weighted by Gasteiger charge is 2.60. The number of likely N-dealkylation sites (tertiary alicyclic amines) is 1. The Balaban J connectivity index is 2.14. The Morgan fingerprint density at radius 2 is 1.93 bits per heavy atom. The lowest BCUT2D eigenvalue weighted by Gasteiger charge is -2.35. The molecule has 0 spiro atoms. The number of fused-ring (bicyclic) bond motifs is 1. The van der Waals surface area contributed by atoms with E-state index in [0.29, 0.717) is 6.54 Å². The highest BCUT2D eigenvalue weighted by molar-refractivity contribution is 9.28. The van der Waals surface area contributed by atoms with Gasteiger partial charge in [-0.2, -0.15) is 0 Å². The molecule has 0 aliphatic carbocycles. The zero-order chi connectivity index (χ0) is 20.4. The van der Waals surface area contributed by atoms with Crippen molar-refractivity contribution in [1.29, 1.82) is 0 Å². The lowest BCUT2D eigenvalue weighted by atomic mass is 9.99. The number of amides is 2. The molecule has 2 amide bonds. The number of methoxy groups -OCH3 is 2. The number of rotatable bonds is 5. The van der Waals surface area contributed by atoms with E-state index in [0.717, 1.165) is 3.39 Å². The summed E-state index contributed by atoms with van der Waals surface area (Å²) in [4.78, 5) is 26.4. The van der Waals surface area contributed by atoms with Gasteiger partial charge in [0, 0.05) is 26.7 Å². The van der Waals surface area contributed by atoms with Crippen molar-refractivity contribution in [1.82, 2.24) is 10.2 Å². The second-order valence-electron chi connectivity index (χ2n) is 7.46. The van der Waals surface area contributed by atoms with Gasteiger partial charge in [-0.15, -0.1) is 0 Å². The monoisotopic (exact) mass is 512 g/mol. The van der Waals surface area contributed by atoms with Crippen LogP contribution in [0.1, 0.15) is 20.8 Å². The van der Waals surface area contributed by atoms with E-state index in [1.807, 2.05) is 6.08 Å². The Hall–Kier alpha value is -0.680. The molecule has 2 saturated heterocycles. The van der Waals surface area contributed by atoms with Crippen LogP contribution in [0.4, 0.5) is 4.79 Å². The molecule has 3 atom stereocenters. The molecule has 2 aliphatic heterocycles. The van der Waals surface area contributed by atoms with Crippen molar-refractivity contribution in [2.45, 2.75) is 44.3 Å². The number of nitrogens with zero attached hydrogens (tertiary/aromatic N) is 1. The summed E-state index contributed by atoms with van der Waals surface area (Å²) in [5, 5.41) is 2.51. The zero-order valence-electron chi connectivity index (χ0n) is 16.1. The Morgan fingerprint density at radius 3 is 2.44 bits per heavy atom. The number of hydrogen-bond acceptors (Lipinski definition) is 6. The maximum absolute atomic E-state index is 12.9. The van der Waals surface area contributed by atoms with Gasteiger partial charge < -0.3 is 29.2 Å². The number of hydrogen-bond donors (Lipinski definition) is 1. The van der Waals surface area contributed by atoms with Crippen molar-refractivity contribution in [3.05, 3.63) is 9.47 Å². The third kappa shape index (κ3) is 5.23. The van der Waals surface area contributed by atoms with E-state index in [1.54, 1.807) is 25.7 Å². The van der Waals surface area contributed by atoms with E-state index in [-0.39, 0.29) is 31.1 Å². The lowest BCUT2D eigenvalue weighted by Crippen LogP contribution is -2.56. The molecule has 2 rings (SSSR count). The van der Waals surface area contributed by atoms with E-state index >= 15 is 0 Å². The highest BCUT2D eigenvalue weighted by atomic mass is 79.9. The molecule has 0 saturated carbocycles. The van der Waals surface area contributed by atoms with Crippen LogP contribution in [-0.4, -0.2) is 74.4 Å². The number of carbonyl (C=O) groups is 2. The average Bonchev–Trinajstić information content (AvgIpc) is 3.10. The van der Waals surface area contributed by atoms with E-state index < -0.39 is 23.5 Å². The Morgan fingerprint density at radius 1 is 1.30 bits per heavy atom. The van der Waals surface area contributed by atoms with Gasteiger partial charge >= 0.3 is 6.09 Å².